The van der Waals surface area contributed by atoms with E-state index in [4.69, 9.17) is 10.5 Å². The standard InChI is InChI=1S/C14H20FNO/c1-10(16)12-8-5-9-13(15)14(12)17-11-6-3-2-4-7-11/h5,8-11H,2-4,6-7,16H2,1H3/t10-/m1/s1. The van der Waals surface area contributed by atoms with Gasteiger partial charge in [0.1, 0.15) is 0 Å². The van der Waals surface area contributed by atoms with Gasteiger partial charge in [-0.2, -0.15) is 0 Å². The molecule has 2 nitrogen and oxygen atoms in total. The maximum atomic E-state index is 13.8. The minimum atomic E-state index is -0.301. The van der Waals surface area contributed by atoms with E-state index in [1.54, 1.807) is 6.07 Å². The fourth-order valence-corrected chi connectivity index (χ4v) is 2.36. The molecule has 1 aromatic rings. The molecule has 0 saturated heterocycles. The summed E-state index contributed by atoms with van der Waals surface area (Å²) in [5.74, 6) is 0.0553. The lowest BCUT2D eigenvalue weighted by Gasteiger charge is -2.25. The molecule has 2 N–H and O–H groups in total. The maximum Gasteiger partial charge on any atom is 0.165 e. The van der Waals surface area contributed by atoms with Crippen LogP contribution in [0.2, 0.25) is 0 Å². The average molecular weight is 237 g/mol. The number of benzene rings is 1. The van der Waals surface area contributed by atoms with Gasteiger partial charge in [-0.15, -0.1) is 0 Å². The Morgan fingerprint density at radius 3 is 2.65 bits per heavy atom. The van der Waals surface area contributed by atoms with Crippen molar-refractivity contribution in [2.45, 2.75) is 51.2 Å². The molecule has 1 aliphatic carbocycles. The third-order valence-electron chi connectivity index (χ3n) is 3.32. The minimum Gasteiger partial charge on any atom is -0.487 e. The predicted octanol–water partition coefficient (Wildman–Crippen LogP) is 3.56. The first-order valence-electron chi connectivity index (χ1n) is 6.39. The van der Waals surface area contributed by atoms with E-state index in [1.165, 1.54) is 25.3 Å². The summed E-state index contributed by atoms with van der Waals surface area (Å²) >= 11 is 0. The van der Waals surface area contributed by atoms with Crippen molar-refractivity contribution in [3.05, 3.63) is 29.6 Å². The van der Waals surface area contributed by atoms with E-state index < -0.39 is 0 Å². The number of para-hydroxylation sites is 1. The van der Waals surface area contributed by atoms with Gasteiger partial charge in [0.05, 0.1) is 6.10 Å². The molecule has 0 radical (unpaired) electrons. The van der Waals surface area contributed by atoms with E-state index in [9.17, 15) is 4.39 Å². The maximum absolute atomic E-state index is 13.8. The van der Waals surface area contributed by atoms with Crippen molar-refractivity contribution in [3.63, 3.8) is 0 Å². The van der Waals surface area contributed by atoms with Crippen LogP contribution in [0.1, 0.15) is 50.6 Å². The largest absolute Gasteiger partial charge is 0.487 e. The Morgan fingerprint density at radius 2 is 2.00 bits per heavy atom. The molecule has 1 atom stereocenters. The van der Waals surface area contributed by atoms with E-state index in [2.05, 4.69) is 0 Å². The zero-order valence-corrected chi connectivity index (χ0v) is 10.3. The Hall–Kier alpha value is -1.09. The van der Waals surface area contributed by atoms with Crippen LogP contribution in [0.3, 0.4) is 0 Å². The van der Waals surface area contributed by atoms with Crippen molar-refractivity contribution < 1.29 is 9.13 Å². The van der Waals surface area contributed by atoms with Crippen LogP contribution in [0.5, 0.6) is 5.75 Å². The zero-order chi connectivity index (χ0) is 12.3. The Balaban J connectivity index is 2.18. The number of ether oxygens (including phenoxy) is 1. The highest BCUT2D eigenvalue weighted by atomic mass is 19.1. The second-order valence-corrected chi connectivity index (χ2v) is 4.82. The monoisotopic (exact) mass is 237 g/mol. The first-order chi connectivity index (χ1) is 8.18. The van der Waals surface area contributed by atoms with Crippen molar-refractivity contribution in [1.82, 2.24) is 0 Å². The van der Waals surface area contributed by atoms with Crippen molar-refractivity contribution in [1.29, 1.82) is 0 Å². The molecule has 3 heteroatoms. The van der Waals surface area contributed by atoms with E-state index in [1.807, 2.05) is 13.0 Å². The minimum absolute atomic E-state index is 0.151. The van der Waals surface area contributed by atoms with Gasteiger partial charge in [0, 0.05) is 11.6 Å². The molecule has 0 unspecified atom stereocenters. The molecular weight excluding hydrogens is 217 g/mol. The van der Waals surface area contributed by atoms with Crippen LogP contribution in [0, 0.1) is 5.82 Å². The topological polar surface area (TPSA) is 35.2 Å². The highest BCUT2D eigenvalue weighted by Crippen LogP contribution is 2.31. The third-order valence-corrected chi connectivity index (χ3v) is 3.32. The van der Waals surface area contributed by atoms with Crippen LogP contribution in [0.4, 0.5) is 4.39 Å². The molecule has 94 valence electrons. The summed E-state index contributed by atoms with van der Waals surface area (Å²) in [7, 11) is 0. The van der Waals surface area contributed by atoms with Gasteiger partial charge in [-0.25, -0.2) is 4.39 Å². The Labute approximate surface area is 102 Å². The molecule has 1 aliphatic rings. The molecule has 0 heterocycles. The van der Waals surface area contributed by atoms with Crippen LogP contribution in [-0.2, 0) is 0 Å². The molecule has 0 bridgehead atoms. The molecule has 17 heavy (non-hydrogen) atoms. The van der Waals surface area contributed by atoms with Gasteiger partial charge in [0.15, 0.2) is 11.6 Å². The second kappa shape index (κ2) is 5.50. The summed E-state index contributed by atoms with van der Waals surface area (Å²) in [6.07, 6.45) is 5.80. The van der Waals surface area contributed by atoms with Crippen LogP contribution < -0.4 is 10.5 Å². The number of nitrogens with two attached hydrogens (primary N) is 1. The Morgan fingerprint density at radius 1 is 1.29 bits per heavy atom. The predicted molar refractivity (Wildman–Crippen MR) is 66.5 cm³/mol. The zero-order valence-electron chi connectivity index (χ0n) is 10.3. The summed E-state index contributed by atoms with van der Waals surface area (Å²) in [5, 5.41) is 0. The average Bonchev–Trinajstić information content (AvgIpc) is 2.33. The Kier molecular flexibility index (Phi) is 4.00. The highest BCUT2D eigenvalue weighted by Gasteiger charge is 2.19. The molecule has 1 aromatic carbocycles. The van der Waals surface area contributed by atoms with Gasteiger partial charge in [-0.05, 0) is 38.7 Å². The van der Waals surface area contributed by atoms with Crippen molar-refractivity contribution >= 4 is 0 Å². The number of hydrogen-bond donors (Lipinski definition) is 1. The molecular formula is C14H20FNO. The first kappa shape index (κ1) is 12.4. The highest BCUT2D eigenvalue weighted by molar-refractivity contribution is 5.37. The van der Waals surface area contributed by atoms with E-state index in [0.29, 0.717) is 5.75 Å². The van der Waals surface area contributed by atoms with Crippen LogP contribution in [0.25, 0.3) is 0 Å². The van der Waals surface area contributed by atoms with Gasteiger partial charge >= 0.3 is 0 Å². The second-order valence-electron chi connectivity index (χ2n) is 4.82. The van der Waals surface area contributed by atoms with Gasteiger partial charge in [-0.1, -0.05) is 18.6 Å². The van der Waals surface area contributed by atoms with Crippen molar-refractivity contribution in [3.8, 4) is 5.75 Å². The normalized spacial score (nSPS) is 19.0. The van der Waals surface area contributed by atoms with Crippen molar-refractivity contribution in [2.24, 2.45) is 5.73 Å². The number of rotatable bonds is 3. The lowest BCUT2D eigenvalue weighted by atomic mass is 9.97. The summed E-state index contributed by atoms with van der Waals surface area (Å²) < 4.78 is 19.6. The quantitative estimate of drug-likeness (QED) is 0.872. The molecule has 0 aliphatic heterocycles. The molecule has 0 spiro atoms. The molecule has 0 aromatic heterocycles. The Bertz CT molecular complexity index is 372. The van der Waals surface area contributed by atoms with Crippen LogP contribution >= 0.6 is 0 Å². The number of hydrogen-bond acceptors (Lipinski definition) is 2. The molecule has 0 amide bonds. The van der Waals surface area contributed by atoms with Gasteiger partial charge in [0.2, 0.25) is 0 Å². The third kappa shape index (κ3) is 2.97. The van der Waals surface area contributed by atoms with E-state index in [0.717, 1.165) is 18.4 Å². The van der Waals surface area contributed by atoms with Crippen LogP contribution in [0.15, 0.2) is 18.2 Å². The first-order valence-corrected chi connectivity index (χ1v) is 6.39. The summed E-state index contributed by atoms with van der Waals surface area (Å²) in [6.45, 7) is 1.85. The molecule has 1 saturated carbocycles. The summed E-state index contributed by atoms with van der Waals surface area (Å²) in [4.78, 5) is 0. The van der Waals surface area contributed by atoms with Crippen LogP contribution in [-0.4, -0.2) is 6.10 Å². The number of halogens is 1. The fraction of sp³-hybridized carbons (Fsp3) is 0.571. The smallest absolute Gasteiger partial charge is 0.165 e. The van der Waals surface area contributed by atoms with Gasteiger partial charge in [0.25, 0.3) is 0 Å². The van der Waals surface area contributed by atoms with Gasteiger partial charge < -0.3 is 10.5 Å². The van der Waals surface area contributed by atoms with Crippen molar-refractivity contribution in [2.75, 3.05) is 0 Å². The summed E-state index contributed by atoms with van der Waals surface area (Å²) in [6, 6.07) is 4.75. The fourth-order valence-electron chi connectivity index (χ4n) is 2.36. The molecule has 1 fully saturated rings. The van der Waals surface area contributed by atoms with E-state index in [-0.39, 0.29) is 18.0 Å². The van der Waals surface area contributed by atoms with Gasteiger partial charge in [-0.3, -0.25) is 0 Å². The molecule has 2 rings (SSSR count). The lowest BCUT2D eigenvalue weighted by molar-refractivity contribution is 0.146. The summed E-state index contributed by atoms with van der Waals surface area (Å²) in [5.41, 5.74) is 6.60. The lowest BCUT2D eigenvalue weighted by Crippen LogP contribution is -2.21. The SMILES string of the molecule is C[C@@H](N)c1cccc(F)c1OC1CCCCC1. The van der Waals surface area contributed by atoms with E-state index >= 15 is 0 Å².